The zero-order valence-electron chi connectivity index (χ0n) is 5.14. The minimum atomic E-state index is 0. The van der Waals surface area contributed by atoms with Crippen LogP contribution in [0.3, 0.4) is 0 Å². The van der Waals surface area contributed by atoms with Crippen LogP contribution in [0.15, 0.2) is 0 Å². The summed E-state index contributed by atoms with van der Waals surface area (Å²) < 4.78 is 0. The molecule has 2 N–H and O–H groups in total. The Balaban J connectivity index is 0.000000640. The number of rotatable bonds is 0. The average molecular weight is 151 g/mol. The highest BCUT2D eigenvalue weighted by atomic mass is 35.5. The van der Waals surface area contributed by atoms with Crippen LogP contribution in [0.1, 0.15) is 6.42 Å². The summed E-state index contributed by atoms with van der Waals surface area (Å²) in [5.41, 5.74) is 0. The zero-order chi connectivity index (χ0) is 5.82. The normalized spacial score (nSPS) is 19.3. The van der Waals surface area contributed by atoms with Gasteiger partial charge in [-0.25, -0.2) is 0 Å². The van der Waals surface area contributed by atoms with Gasteiger partial charge in [-0.1, -0.05) is 0 Å². The first-order valence-electron chi connectivity index (χ1n) is 2.87. The summed E-state index contributed by atoms with van der Waals surface area (Å²) in [5, 5.41) is 5.84. The molecule has 54 valence electrons. The van der Waals surface area contributed by atoms with E-state index in [1.165, 1.54) is 0 Å². The summed E-state index contributed by atoms with van der Waals surface area (Å²) in [7, 11) is 0. The van der Waals surface area contributed by atoms with Crippen LogP contribution in [0, 0.1) is 0 Å². The van der Waals surface area contributed by atoms with Crippen molar-refractivity contribution in [1.82, 2.24) is 10.6 Å². The first-order valence-corrected chi connectivity index (χ1v) is 2.87. The van der Waals surface area contributed by atoms with Crippen LogP contribution in [0.5, 0.6) is 0 Å². The van der Waals surface area contributed by atoms with E-state index in [1.54, 1.807) is 0 Å². The Hall–Kier alpha value is -0.280. The van der Waals surface area contributed by atoms with Gasteiger partial charge in [-0.2, -0.15) is 0 Å². The molecule has 0 spiro atoms. The van der Waals surface area contributed by atoms with Gasteiger partial charge in [0, 0.05) is 26.1 Å². The quantitative estimate of drug-likeness (QED) is 0.490. The molecule has 4 heteroatoms. The van der Waals surface area contributed by atoms with Crippen molar-refractivity contribution in [1.29, 1.82) is 0 Å². The maximum atomic E-state index is 10.5. The van der Waals surface area contributed by atoms with Crippen molar-refractivity contribution in [2.75, 3.05) is 19.6 Å². The van der Waals surface area contributed by atoms with E-state index in [-0.39, 0.29) is 18.3 Å². The summed E-state index contributed by atoms with van der Waals surface area (Å²) in [6.07, 6.45) is 0.625. The fourth-order valence-electron chi connectivity index (χ4n) is 0.706. The molecule has 1 aliphatic rings. The lowest BCUT2D eigenvalue weighted by Crippen LogP contribution is -2.24. The molecule has 1 fully saturated rings. The van der Waals surface area contributed by atoms with Crippen molar-refractivity contribution in [3.05, 3.63) is 0 Å². The van der Waals surface area contributed by atoms with Gasteiger partial charge in [-0.15, -0.1) is 12.4 Å². The summed E-state index contributed by atoms with van der Waals surface area (Å²) >= 11 is 0. The molecule has 1 saturated heterocycles. The zero-order valence-corrected chi connectivity index (χ0v) is 5.96. The second-order valence-electron chi connectivity index (χ2n) is 1.85. The highest BCUT2D eigenvalue weighted by Gasteiger charge is 2.02. The molecule has 3 nitrogen and oxygen atoms in total. The van der Waals surface area contributed by atoms with E-state index in [1.807, 2.05) is 0 Å². The lowest BCUT2D eigenvalue weighted by molar-refractivity contribution is -0.120. The van der Waals surface area contributed by atoms with Crippen LogP contribution < -0.4 is 10.6 Å². The second kappa shape index (κ2) is 4.58. The first-order chi connectivity index (χ1) is 3.89. The fourth-order valence-corrected chi connectivity index (χ4v) is 0.706. The predicted molar refractivity (Wildman–Crippen MR) is 37.7 cm³/mol. The first kappa shape index (κ1) is 8.72. The van der Waals surface area contributed by atoms with Gasteiger partial charge in [0.2, 0.25) is 5.91 Å². The fraction of sp³-hybridized carbons (Fsp3) is 0.800. The van der Waals surface area contributed by atoms with Gasteiger partial charge in [0.25, 0.3) is 0 Å². The largest absolute Gasteiger partial charge is 0.355 e. The predicted octanol–water partition coefficient (Wildman–Crippen LogP) is -0.482. The van der Waals surface area contributed by atoms with E-state index in [9.17, 15) is 4.79 Å². The van der Waals surface area contributed by atoms with E-state index in [2.05, 4.69) is 10.6 Å². The van der Waals surface area contributed by atoms with Crippen molar-refractivity contribution < 1.29 is 4.79 Å². The molecule has 9 heavy (non-hydrogen) atoms. The maximum absolute atomic E-state index is 10.5. The SMILES string of the molecule is Cl.O=C1CCNCCN1. The Morgan fingerprint density at radius 1 is 1.22 bits per heavy atom. The summed E-state index contributed by atoms with van der Waals surface area (Å²) in [6, 6.07) is 0. The van der Waals surface area contributed by atoms with Crippen LogP contribution >= 0.6 is 12.4 Å². The van der Waals surface area contributed by atoms with Crippen LogP contribution in [0.4, 0.5) is 0 Å². The highest BCUT2D eigenvalue weighted by molar-refractivity contribution is 5.85. The molecular weight excluding hydrogens is 140 g/mol. The molecule has 0 radical (unpaired) electrons. The number of hydrogen-bond donors (Lipinski definition) is 2. The Kier molecular flexibility index (Phi) is 4.44. The van der Waals surface area contributed by atoms with Gasteiger partial charge in [0.1, 0.15) is 0 Å². The second-order valence-corrected chi connectivity index (χ2v) is 1.85. The summed E-state index contributed by atoms with van der Waals surface area (Å²) in [6.45, 7) is 2.51. The molecule has 1 amide bonds. The van der Waals surface area contributed by atoms with Crippen LogP contribution in [0.2, 0.25) is 0 Å². The van der Waals surface area contributed by atoms with Gasteiger partial charge in [-0.3, -0.25) is 4.79 Å². The van der Waals surface area contributed by atoms with Crippen LogP contribution in [-0.2, 0) is 4.79 Å². The molecule has 0 aromatic heterocycles. The van der Waals surface area contributed by atoms with Gasteiger partial charge < -0.3 is 10.6 Å². The third kappa shape index (κ3) is 3.32. The van der Waals surface area contributed by atoms with Crippen LogP contribution in [-0.4, -0.2) is 25.5 Å². The molecular formula is C5H11ClN2O. The Morgan fingerprint density at radius 3 is 2.78 bits per heavy atom. The number of halogens is 1. The molecule has 1 rings (SSSR count). The summed E-state index contributed by atoms with van der Waals surface area (Å²) in [4.78, 5) is 10.5. The molecule has 0 atom stereocenters. The lowest BCUT2D eigenvalue weighted by atomic mass is 10.4. The van der Waals surface area contributed by atoms with E-state index < -0.39 is 0 Å². The molecule has 0 saturated carbocycles. The molecule has 0 aromatic carbocycles. The van der Waals surface area contributed by atoms with Gasteiger partial charge in [0.15, 0.2) is 0 Å². The third-order valence-corrected chi connectivity index (χ3v) is 1.15. The molecule has 1 heterocycles. The number of nitrogens with one attached hydrogen (secondary N) is 2. The number of carbonyl (C=O) groups is 1. The van der Waals surface area contributed by atoms with Crippen molar-refractivity contribution in [2.45, 2.75) is 6.42 Å². The van der Waals surface area contributed by atoms with Crippen molar-refractivity contribution in [3.63, 3.8) is 0 Å². The summed E-state index contributed by atoms with van der Waals surface area (Å²) in [5.74, 6) is 0.162. The van der Waals surface area contributed by atoms with E-state index >= 15 is 0 Å². The smallest absolute Gasteiger partial charge is 0.221 e. The van der Waals surface area contributed by atoms with Crippen molar-refractivity contribution >= 4 is 18.3 Å². The standard InChI is InChI=1S/C5H10N2O.ClH/c8-5-1-2-6-3-4-7-5;/h6H,1-4H2,(H,7,8);1H. The van der Waals surface area contributed by atoms with E-state index in [0.717, 1.165) is 19.6 Å². The lowest BCUT2D eigenvalue weighted by Gasteiger charge is -1.93. The molecule has 0 aliphatic carbocycles. The van der Waals surface area contributed by atoms with Crippen molar-refractivity contribution in [2.24, 2.45) is 0 Å². The molecule has 0 aromatic rings. The minimum Gasteiger partial charge on any atom is -0.355 e. The molecule has 0 bridgehead atoms. The third-order valence-electron chi connectivity index (χ3n) is 1.15. The molecule has 0 unspecified atom stereocenters. The Morgan fingerprint density at radius 2 is 2.00 bits per heavy atom. The number of amides is 1. The monoisotopic (exact) mass is 150 g/mol. The van der Waals surface area contributed by atoms with Gasteiger partial charge in [-0.05, 0) is 0 Å². The Labute approximate surface area is 60.6 Å². The van der Waals surface area contributed by atoms with E-state index in [4.69, 9.17) is 0 Å². The van der Waals surface area contributed by atoms with Crippen LogP contribution in [0.25, 0.3) is 0 Å². The van der Waals surface area contributed by atoms with Gasteiger partial charge >= 0.3 is 0 Å². The highest BCUT2D eigenvalue weighted by Crippen LogP contribution is 1.79. The topological polar surface area (TPSA) is 41.1 Å². The Bertz CT molecular complexity index is 87.0. The minimum absolute atomic E-state index is 0. The van der Waals surface area contributed by atoms with Gasteiger partial charge in [0.05, 0.1) is 0 Å². The number of carbonyl (C=O) groups excluding carboxylic acids is 1. The van der Waals surface area contributed by atoms with Crippen molar-refractivity contribution in [3.8, 4) is 0 Å². The molecule has 1 aliphatic heterocycles. The average Bonchev–Trinajstić information content (AvgIpc) is 1.94. The van der Waals surface area contributed by atoms with E-state index in [0.29, 0.717) is 6.42 Å². The maximum Gasteiger partial charge on any atom is 0.221 e. The number of hydrogen-bond acceptors (Lipinski definition) is 2.